The number of carbonyl (C=O) groups excluding carboxylic acids is 2. The van der Waals surface area contributed by atoms with E-state index >= 15 is 0 Å². The summed E-state index contributed by atoms with van der Waals surface area (Å²) in [5, 5.41) is 14.9. The molecule has 1 aromatic heterocycles. The van der Waals surface area contributed by atoms with Crippen molar-refractivity contribution in [1.29, 1.82) is 0 Å². The number of nitrogens with one attached hydrogen (secondary N) is 3. The molecule has 1 aliphatic carbocycles. The smallest absolute Gasteiger partial charge is 0.326 e. The van der Waals surface area contributed by atoms with Gasteiger partial charge in [0, 0.05) is 10.9 Å². The van der Waals surface area contributed by atoms with Gasteiger partial charge in [-0.2, -0.15) is 0 Å². The second kappa shape index (κ2) is 6.12. The maximum atomic E-state index is 12.0. The number of amides is 2. The summed E-state index contributed by atoms with van der Waals surface area (Å²) in [4.78, 5) is 37.9. The fourth-order valence-electron chi connectivity index (χ4n) is 2.49. The van der Waals surface area contributed by atoms with Crippen LogP contribution in [0.1, 0.15) is 23.3 Å². The molecular weight excluding hydrogens is 298 g/mol. The second-order valence-electron chi connectivity index (χ2n) is 5.67. The molecule has 23 heavy (non-hydrogen) atoms. The van der Waals surface area contributed by atoms with Gasteiger partial charge >= 0.3 is 5.97 Å². The van der Waals surface area contributed by atoms with Gasteiger partial charge < -0.3 is 20.7 Å². The summed E-state index contributed by atoms with van der Waals surface area (Å²) in [6.07, 6.45) is 1.61. The zero-order valence-corrected chi connectivity index (χ0v) is 12.3. The molecule has 3 rings (SSSR count). The van der Waals surface area contributed by atoms with E-state index in [0.717, 1.165) is 23.7 Å². The Bertz CT molecular complexity index is 731. The normalized spacial score (nSPS) is 15.1. The molecule has 0 aliphatic heterocycles. The summed E-state index contributed by atoms with van der Waals surface area (Å²) in [6, 6.07) is 8.29. The average molecular weight is 315 g/mol. The molecular formula is C16H17N3O4. The van der Waals surface area contributed by atoms with Gasteiger partial charge in [-0.05, 0) is 30.9 Å². The number of hydrogen-bond acceptors (Lipinski definition) is 3. The maximum absolute atomic E-state index is 12.0. The van der Waals surface area contributed by atoms with Crippen LogP contribution in [0.25, 0.3) is 10.9 Å². The number of aliphatic carboxylic acids is 1. The second-order valence-corrected chi connectivity index (χ2v) is 5.67. The van der Waals surface area contributed by atoms with Crippen LogP contribution in [0.5, 0.6) is 0 Å². The fourth-order valence-corrected chi connectivity index (χ4v) is 2.49. The number of aromatic nitrogens is 1. The molecule has 0 saturated heterocycles. The molecule has 7 nitrogen and oxygen atoms in total. The lowest BCUT2D eigenvalue weighted by atomic mass is 10.2. The number of carboxylic acids is 1. The Balaban J connectivity index is 1.55. The molecule has 0 radical (unpaired) electrons. The van der Waals surface area contributed by atoms with E-state index in [4.69, 9.17) is 5.11 Å². The van der Waals surface area contributed by atoms with E-state index in [2.05, 4.69) is 15.6 Å². The predicted octanol–water partition coefficient (Wildman–Crippen LogP) is 0.877. The first-order chi connectivity index (χ1) is 11.0. The van der Waals surface area contributed by atoms with Gasteiger partial charge in [0.15, 0.2) is 0 Å². The zero-order chi connectivity index (χ0) is 16.4. The molecule has 1 atom stereocenters. The van der Waals surface area contributed by atoms with E-state index in [1.54, 1.807) is 6.07 Å². The van der Waals surface area contributed by atoms with E-state index in [1.807, 2.05) is 24.3 Å². The number of rotatable bonds is 6. The number of aromatic amines is 1. The van der Waals surface area contributed by atoms with Crippen LogP contribution in [-0.4, -0.2) is 40.5 Å². The number of benzene rings is 1. The largest absolute Gasteiger partial charge is 0.480 e. The van der Waals surface area contributed by atoms with Crippen molar-refractivity contribution in [3.63, 3.8) is 0 Å². The summed E-state index contributed by atoms with van der Waals surface area (Å²) in [5.74, 6) is -1.95. The maximum Gasteiger partial charge on any atom is 0.326 e. The van der Waals surface area contributed by atoms with Crippen molar-refractivity contribution in [1.82, 2.24) is 15.6 Å². The predicted molar refractivity (Wildman–Crippen MR) is 82.9 cm³/mol. The highest BCUT2D eigenvalue weighted by Crippen LogP contribution is 2.32. The van der Waals surface area contributed by atoms with Crippen LogP contribution in [-0.2, 0) is 9.59 Å². The molecule has 1 aliphatic rings. The molecule has 1 aromatic carbocycles. The first-order valence-corrected chi connectivity index (χ1v) is 7.42. The van der Waals surface area contributed by atoms with Gasteiger partial charge in [-0.25, -0.2) is 4.79 Å². The molecule has 1 saturated carbocycles. The van der Waals surface area contributed by atoms with Gasteiger partial charge in [0.05, 0.1) is 6.54 Å². The first-order valence-electron chi connectivity index (χ1n) is 7.42. The number of carbonyl (C=O) groups is 3. The number of carboxylic acid groups (broad SMARTS) is 1. The first kappa shape index (κ1) is 15.1. The van der Waals surface area contributed by atoms with Crippen molar-refractivity contribution in [2.75, 3.05) is 6.54 Å². The molecule has 1 heterocycles. The third-order valence-corrected chi connectivity index (χ3v) is 3.86. The molecule has 1 unspecified atom stereocenters. The van der Waals surface area contributed by atoms with Crippen molar-refractivity contribution >= 4 is 28.7 Å². The van der Waals surface area contributed by atoms with E-state index in [-0.39, 0.29) is 12.5 Å². The highest BCUT2D eigenvalue weighted by atomic mass is 16.4. The molecule has 120 valence electrons. The fraction of sp³-hybridized carbons (Fsp3) is 0.312. The number of para-hydroxylation sites is 1. The summed E-state index contributed by atoms with van der Waals surface area (Å²) < 4.78 is 0. The van der Waals surface area contributed by atoms with Crippen molar-refractivity contribution in [3.8, 4) is 0 Å². The van der Waals surface area contributed by atoms with Crippen LogP contribution in [0.3, 0.4) is 0 Å². The Hall–Kier alpha value is -2.83. The minimum absolute atomic E-state index is 0.000794. The zero-order valence-electron chi connectivity index (χ0n) is 12.3. The molecule has 4 N–H and O–H groups in total. The van der Waals surface area contributed by atoms with E-state index < -0.39 is 23.8 Å². The SMILES string of the molecule is O=C(CNC(=O)c1cc2ccccc2[nH]1)NC(C(=O)O)C1CC1. The van der Waals surface area contributed by atoms with Crippen molar-refractivity contribution < 1.29 is 19.5 Å². The quantitative estimate of drug-likeness (QED) is 0.634. The van der Waals surface area contributed by atoms with Crippen LogP contribution in [0.15, 0.2) is 30.3 Å². The molecule has 2 amide bonds. The van der Waals surface area contributed by atoms with Crippen LogP contribution in [0.4, 0.5) is 0 Å². The lowest BCUT2D eigenvalue weighted by molar-refractivity contribution is -0.142. The van der Waals surface area contributed by atoms with Gasteiger partial charge in [0.25, 0.3) is 5.91 Å². The summed E-state index contributed by atoms with van der Waals surface area (Å²) in [6.45, 7) is -0.259. The summed E-state index contributed by atoms with van der Waals surface area (Å²) in [7, 11) is 0. The van der Waals surface area contributed by atoms with Crippen LogP contribution in [0, 0.1) is 5.92 Å². The molecule has 0 bridgehead atoms. The Morgan fingerprint density at radius 3 is 2.65 bits per heavy atom. The van der Waals surface area contributed by atoms with Crippen LogP contribution >= 0.6 is 0 Å². The van der Waals surface area contributed by atoms with Crippen LogP contribution < -0.4 is 10.6 Å². The van der Waals surface area contributed by atoms with E-state index in [0.29, 0.717) is 5.69 Å². The third-order valence-electron chi connectivity index (χ3n) is 3.86. The average Bonchev–Trinajstić information content (AvgIpc) is 3.27. The van der Waals surface area contributed by atoms with Crippen molar-refractivity contribution in [3.05, 3.63) is 36.0 Å². The Kier molecular flexibility index (Phi) is 4.01. The van der Waals surface area contributed by atoms with Crippen LogP contribution in [0.2, 0.25) is 0 Å². The van der Waals surface area contributed by atoms with Gasteiger partial charge in [-0.3, -0.25) is 9.59 Å². The minimum atomic E-state index is -1.04. The number of fused-ring (bicyclic) bond motifs is 1. The molecule has 7 heteroatoms. The summed E-state index contributed by atoms with van der Waals surface area (Å²) >= 11 is 0. The summed E-state index contributed by atoms with van der Waals surface area (Å²) in [5.41, 5.74) is 1.19. The number of H-pyrrole nitrogens is 1. The van der Waals surface area contributed by atoms with Gasteiger partial charge in [-0.15, -0.1) is 0 Å². The Labute approximate surface area is 132 Å². The van der Waals surface area contributed by atoms with E-state index in [9.17, 15) is 14.4 Å². The lowest BCUT2D eigenvalue weighted by Gasteiger charge is -2.13. The molecule has 2 aromatic rings. The van der Waals surface area contributed by atoms with Crippen molar-refractivity contribution in [2.45, 2.75) is 18.9 Å². The molecule has 0 spiro atoms. The van der Waals surface area contributed by atoms with Gasteiger partial charge in [-0.1, -0.05) is 18.2 Å². The van der Waals surface area contributed by atoms with Crippen molar-refractivity contribution in [2.24, 2.45) is 5.92 Å². The molecule has 1 fully saturated rings. The highest BCUT2D eigenvalue weighted by molar-refractivity contribution is 5.99. The Morgan fingerprint density at radius 1 is 1.26 bits per heavy atom. The van der Waals surface area contributed by atoms with Gasteiger partial charge in [0.1, 0.15) is 11.7 Å². The lowest BCUT2D eigenvalue weighted by Crippen LogP contribution is -2.46. The van der Waals surface area contributed by atoms with Gasteiger partial charge in [0.2, 0.25) is 5.91 Å². The standard InChI is InChI=1S/C16H17N3O4/c20-13(19-14(16(22)23)9-5-6-9)8-17-15(21)12-7-10-3-1-2-4-11(10)18-12/h1-4,7,9,14,18H,5-6,8H2,(H,17,21)(H,19,20)(H,22,23). The topological polar surface area (TPSA) is 111 Å². The third kappa shape index (κ3) is 3.50. The highest BCUT2D eigenvalue weighted by Gasteiger charge is 2.37. The number of hydrogen-bond donors (Lipinski definition) is 4. The Morgan fingerprint density at radius 2 is 2.00 bits per heavy atom. The minimum Gasteiger partial charge on any atom is -0.480 e. The monoisotopic (exact) mass is 315 g/mol. The van der Waals surface area contributed by atoms with E-state index in [1.165, 1.54) is 0 Å².